The lowest BCUT2D eigenvalue weighted by molar-refractivity contribution is 0.102. The number of hydrogen-bond donors (Lipinski definition) is 1. The van der Waals surface area contributed by atoms with E-state index in [4.69, 9.17) is 0 Å². The Labute approximate surface area is 130 Å². The van der Waals surface area contributed by atoms with Gasteiger partial charge in [0.2, 0.25) is 0 Å². The van der Waals surface area contributed by atoms with Gasteiger partial charge in [-0.3, -0.25) is 4.79 Å². The monoisotopic (exact) mass is 344 g/mol. The molecule has 0 aliphatic rings. The van der Waals surface area contributed by atoms with Crippen LogP contribution in [0, 0.1) is 0 Å². The molecule has 0 aliphatic carbocycles. The number of fused-ring (bicyclic) bond motifs is 1. The molecular formula is C15H13BrN4O. The molecule has 0 fully saturated rings. The highest BCUT2D eigenvalue weighted by Gasteiger charge is 2.15. The lowest BCUT2D eigenvalue weighted by Gasteiger charge is -2.08. The number of nitrogens with zero attached hydrogens (tertiary/aromatic N) is 3. The van der Waals surface area contributed by atoms with Gasteiger partial charge < -0.3 is 5.32 Å². The van der Waals surface area contributed by atoms with E-state index >= 15 is 0 Å². The molecule has 1 amide bonds. The smallest absolute Gasteiger partial charge is 0.261 e. The van der Waals surface area contributed by atoms with Crippen LogP contribution in [0.4, 0.5) is 5.69 Å². The number of para-hydroxylation sites is 1. The minimum absolute atomic E-state index is 0.208. The summed E-state index contributed by atoms with van der Waals surface area (Å²) in [6, 6.07) is 7.76. The predicted molar refractivity (Wildman–Crippen MR) is 84.5 cm³/mol. The van der Waals surface area contributed by atoms with Gasteiger partial charge in [-0.25, -0.2) is 9.50 Å². The zero-order chi connectivity index (χ0) is 14.8. The maximum Gasteiger partial charge on any atom is 0.261 e. The molecule has 6 heteroatoms. The number of carbonyl (C=O) groups is 1. The minimum atomic E-state index is -0.208. The van der Waals surface area contributed by atoms with Crippen LogP contribution in [-0.4, -0.2) is 20.5 Å². The van der Waals surface area contributed by atoms with Gasteiger partial charge in [0.15, 0.2) is 5.65 Å². The normalized spacial score (nSPS) is 10.8. The Bertz CT molecular complexity index is 812. The van der Waals surface area contributed by atoms with Crippen LogP contribution in [0.25, 0.3) is 5.65 Å². The fraction of sp³-hybridized carbons (Fsp3) is 0.133. The maximum absolute atomic E-state index is 12.4. The number of benzene rings is 1. The van der Waals surface area contributed by atoms with E-state index in [2.05, 4.69) is 38.3 Å². The Morgan fingerprint density at radius 3 is 2.95 bits per heavy atom. The molecule has 2 heterocycles. The molecule has 3 aromatic rings. The highest BCUT2D eigenvalue weighted by molar-refractivity contribution is 9.10. The number of halogens is 1. The van der Waals surface area contributed by atoms with Crippen molar-refractivity contribution in [3.05, 3.63) is 58.5 Å². The summed E-state index contributed by atoms with van der Waals surface area (Å²) >= 11 is 3.33. The molecule has 0 radical (unpaired) electrons. The first-order chi connectivity index (χ1) is 10.2. The van der Waals surface area contributed by atoms with Crippen LogP contribution >= 0.6 is 15.9 Å². The Hall–Kier alpha value is -2.21. The molecule has 0 unspecified atom stereocenters. The molecular weight excluding hydrogens is 332 g/mol. The Morgan fingerprint density at radius 1 is 1.33 bits per heavy atom. The van der Waals surface area contributed by atoms with Gasteiger partial charge in [0.05, 0.1) is 10.7 Å². The van der Waals surface area contributed by atoms with Crippen LogP contribution in [-0.2, 0) is 6.42 Å². The summed E-state index contributed by atoms with van der Waals surface area (Å²) in [5.74, 6) is -0.208. The number of aromatic nitrogens is 3. The second-order valence-corrected chi connectivity index (χ2v) is 5.48. The summed E-state index contributed by atoms with van der Waals surface area (Å²) in [5, 5.41) is 7.07. The SMILES string of the molecule is CCc1ccccc1NC(=O)c1cnn2cc(Br)cnc12. The van der Waals surface area contributed by atoms with Crippen molar-refractivity contribution in [3.8, 4) is 0 Å². The van der Waals surface area contributed by atoms with E-state index in [0.717, 1.165) is 22.1 Å². The topological polar surface area (TPSA) is 59.3 Å². The van der Waals surface area contributed by atoms with Crippen molar-refractivity contribution in [1.82, 2.24) is 14.6 Å². The lowest BCUT2D eigenvalue weighted by Crippen LogP contribution is -2.13. The fourth-order valence-electron chi connectivity index (χ4n) is 2.15. The van der Waals surface area contributed by atoms with Crippen LogP contribution in [0.2, 0.25) is 0 Å². The van der Waals surface area contributed by atoms with E-state index in [0.29, 0.717) is 11.2 Å². The molecule has 5 nitrogen and oxygen atoms in total. The van der Waals surface area contributed by atoms with Gasteiger partial charge in [-0.1, -0.05) is 25.1 Å². The number of aryl methyl sites for hydroxylation is 1. The van der Waals surface area contributed by atoms with Crippen molar-refractivity contribution in [1.29, 1.82) is 0 Å². The first-order valence-corrected chi connectivity index (χ1v) is 7.36. The fourth-order valence-corrected chi connectivity index (χ4v) is 2.45. The first-order valence-electron chi connectivity index (χ1n) is 6.57. The number of amides is 1. The average molecular weight is 345 g/mol. The standard InChI is InChI=1S/C15H13BrN4O/c1-2-10-5-3-4-6-13(10)19-15(21)12-8-18-20-9-11(16)7-17-14(12)20/h3-9H,2H2,1H3,(H,19,21). The van der Waals surface area contributed by atoms with E-state index in [1.54, 1.807) is 16.9 Å². The summed E-state index contributed by atoms with van der Waals surface area (Å²) in [6.45, 7) is 2.05. The number of nitrogens with one attached hydrogen (secondary N) is 1. The van der Waals surface area contributed by atoms with Gasteiger partial charge in [-0.2, -0.15) is 5.10 Å². The molecule has 2 aromatic heterocycles. The average Bonchev–Trinajstić information content (AvgIpc) is 2.90. The largest absolute Gasteiger partial charge is 0.322 e. The molecule has 0 atom stereocenters. The summed E-state index contributed by atoms with van der Waals surface area (Å²) in [4.78, 5) is 16.7. The van der Waals surface area contributed by atoms with Crippen LogP contribution in [0.3, 0.4) is 0 Å². The number of carbonyl (C=O) groups excluding carboxylic acids is 1. The van der Waals surface area contributed by atoms with Gasteiger partial charge in [-0.05, 0) is 34.0 Å². The number of anilines is 1. The summed E-state index contributed by atoms with van der Waals surface area (Å²) in [5.41, 5.74) is 2.90. The van der Waals surface area contributed by atoms with E-state index in [1.165, 1.54) is 6.20 Å². The minimum Gasteiger partial charge on any atom is -0.322 e. The lowest BCUT2D eigenvalue weighted by atomic mass is 10.1. The van der Waals surface area contributed by atoms with Gasteiger partial charge in [0.1, 0.15) is 5.56 Å². The third kappa shape index (κ3) is 2.67. The summed E-state index contributed by atoms with van der Waals surface area (Å²) < 4.78 is 2.38. The third-order valence-corrected chi connectivity index (χ3v) is 3.63. The number of hydrogen-bond acceptors (Lipinski definition) is 3. The van der Waals surface area contributed by atoms with Crippen molar-refractivity contribution in [3.63, 3.8) is 0 Å². The third-order valence-electron chi connectivity index (χ3n) is 3.22. The summed E-state index contributed by atoms with van der Waals surface area (Å²) in [6.07, 6.45) is 5.79. The van der Waals surface area contributed by atoms with E-state index in [1.807, 2.05) is 24.3 Å². The van der Waals surface area contributed by atoms with Crippen LogP contribution in [0.15, 0.2) is 47.3 Å². The van der Waals surface area contributed by atoms with Gasteiger partial charge in [0, 0.05) is 18.1 Å². The molecule has 3 rings (SSSR count). The van der Waals surface area contributed by atoms with Crippen molar-refractivity contribution < 1.29 is 4.79 Å². The number of rotatable bonds is 3. The Morgan fingerprint density at radius 2 is 2.14 bits per heavy atom. The first kappa shape index (κ1) is 13.8. The van der Waals surface area contributed by atoms with Crippen LogP contribution in [0.1, 0.15) is 22.8 Å². The Balaban J connectivity index is 1.94. The molecule has 0 saturated heterocycles. The molecule has 1 aromatic carbocycles. The maximum atomic E-state index is 12.4. The van der Waals surface area contributed by atoms with Crippen molar-refractivity contribution in [2.75, 3.05) is 5.32 Å². The highest BCUT2D eigenvalue weighted by Crippen LogP contribution is 2.18. The van der Waals surface area contributed by atoms with E-state index < -0.39 is 0 Å². The van der Waals surface area contributed by atoms with Crippen LogP contribution < -0.4 is 5.32 Å². The van der Waals surface area contributed by atoms with Crippen molar-refractivity contribution >= 4 is 33.2 Å². The zero-order valence-corrected chi connectivity index (χ0v) is 13.0. The predicted octanol–water partition coefficient (Wildman–Crippen LogP) is 3.31. The highest BCUT2D eigenvalue weighted by atomic mass is 79.9. The molecule has 0 saturated carbocycles. The second-order valence-electron chi connectivity index (χ2n) is 4.56. The Kier molecular flexibility index (Phi) is 3.70. The quantitative estimate of drug-likeness (QED) is 0.792. The molecule has 0 aliphatic heterocycles. The molecule has 1 N–H and O–H groups in total. The molecule has 106 valence electrons. The van der Waals surface area contributed by atoms with Crippen molar-refractivity contribution in [2.45, 2.75) is 13.3 Å². The van der Waals surface area contributed by atoms with E-state index in [9.17, 15) is 4.79 Å². The second kappa shape index (κ2) is 5.65. The van der Waals surface area contributed by atoms with Gasteiger partial charge >= 0.3 is 0 Å². The van der Waals surface area contributed by atoms with E-state index in [-0.39, 0.29) is 5.91 Å². The zero-order valence-electron chi connectivity index (χ0n) is 11.4. The van der Waals surface area contributed by atoms with Gasteiger partial charge in [-0.15, -0.1) is 0 Å². The molecule has 0 bridgehead atoms. The molecule has 0 spiro atoms. The van der Waals surface area contributed by atoms with Crippen LogP contribution in [0.5, 0.6) is 0 Å². The molecule has 21 heavy (non-hydrogen) atoms. The summed E-state index contributed by atoms with van der Waals surface area (Å²) in [7, 11) is 0. The van der Waals surface area contributed by atoms with Crippen molar-refractivity contribution in [2.24, 2.45) is 0 Å². The van der Waals surface area contributed by atoms with Gasteiger partial charge in [0.25, 0.3) is 5.91 Å².